The lowest BCUT2D eigenvalue weighted by atomic mass is 9.87. The van der Waals surface area contributed by atoms with E-state index in [-0.39, 0.29) is 0 Å². The molecule has 1 fully saturated rings. The smallest absolute Gasteiger partial charge is 0.0992 e. The zero-order valence-electron chi connectivity index (χ0n) is 10.3. The molecule has 0 aliphatic carbocycles. The summed E-state index contributed by atoms with van der Waals surface area (Å²) in [6, 6.07) is 10.0. The largest absolute Gasteiger partial charge is 0.371 e. The second kappa shape index (κ2) is 5.20. The minimum Gasteiger partial charge on any atom is -0.371 e. The Morgan fingerprint density at radius 3 is 3.06 bits per heavy atom. The summed E-state index contributed by atoms with van der Waals surface area (Å²) in [7, 11) is 0. The molecule has 0 spiro atoms. The summed E-state index contributed by atoms with van der Waals surface area (Å²) in [5, 5.41) is 8.91. The van der Waals surface area contributed by atoms with E-state index in [0.29, 0.717) is 11.8 Å². The summed E-state index contributed by atoms with van der Waals surface area (Å²) in [6.45, 7) is 5.09. The van der Waals surface area contributed by atoms with Gasteiger partial charge in [-0.25, -0.2) is 0 Å². The lowest BCUT2D eigenvalue weighted by Crippen LogP contribution is -2.42. The van der Waals surface area contributed by atoms with E-state index in [0.717, 1.165) is 30.9 Å². The maximum Gasteiger partial charge on any atom is 0.0992 e. The van der Waals surface area contributed by atoms with Crippen LogP contribution in [0.3, 0.4) is 0 Å². The van der Waals surface area contributed by atoms with Gasteiger partial charge >= 0.3 is 0 Å². The van der Waals surface area contributed by atoms with Gasteiger partial charge in [0.25, 0.3) is 0 Å². The van der Waals surface area contributed by atoms with E-state index >= 15 is 0 Å². The van der Waals surface area contributed by atoms with Gasteiger partial charge in [0.2, 0.25) is 0 Å². The number of benzene rings is 1. The zero-order valence-corrected chi connectivity index (χ0v) is 10.3. The summed E-state index contributed by atoms with van der Waals surface area (Å²) in [5.41, 5.74) is 7.69. The highest BCUT2D eigenvalue weighted by molar-refractivity contribution is 5.51. The van der Waals surface area contributed by atoms with Crippen molar-refractivity contribution in [1.82, 2.24) is 0 Å². The van der Waals surface area contributed by atoms with Crippen molar-refractivity contribution in [3.05, 3.63) is 29.8 Å². The van der Waals surface area contributed by atoms with Crippen molar-refractivity contribution in [3.63, 3.8) is 0 Å². The standard InChI is InChI=1S/C14H19N3/c1-11-5-6-17(10-13(11)9-16)14-4-2-3-12(7-14)8-15/h2-4,7,11,13H,5-6,9-10,16H2,1H3. The molecule has 0 saturated carbocycles. The third-order valence-corrected chi connectivity index (χ3v) is 3.76. The highest BCUT2D eigenvalue weighted by Gasteiger charge is 2.25. The van der Waals surface area contributed by atoms with Crippen LogP contribution >= 0.6 is 0 Å². The number of hydrogen-bond acceptors (Lipinski definition) is 3. The zero-order chi connectivity index (χ0) is 12.3. The van der Waals surface area contributed by atoms with Crippen LogP contribution in [-0.2, 0) is 0 Å². The Hall–Kier alpha value is -1.53. The Kier molecular flexibility index (Phi) is 3.65. The van der Waals surface area contributed by atoms with Crippen molar-refractivity contribution in [1.29, 1.82) is 5.26 Å². The molecule has 1 aliphatic heterocycles. The van der Waals surface area contributed by atoms with Gasteiger partial charge in [-0.15, -0.1) is 0 Å². The predicted octanol–water partition coefficient (Wildman–Crippen LogP) is 1.98. The first-order chi connectivity index (χ1) is 8.24. The number of hydrogen-bond donors (Lipinski definition) is 1. The molecule has 2 atom stereocenters. The van der Waals surface area contributed by atoms with Crippen LogP contribution in [0.5, 0.6) is 0 Å². The maximum atomic E-state index is 8.91. The molecular weight excluding hydrogens is 210 g/mol. The van der Waals surface area contributed by atoms with Crippen molar-refractivity contribution >= 4 is 5.69 Å². The minimum atomic E-state index is 0.564. The Morgan fingerprint density at radius 1 is 1.53 bits per heavy atom. The van der Waals surface area contributed by atoms with E-state index < -0.39 is 0 Å². The quantitative estimate of drug-likeness (QED) is 0.843. The molecule has 0 radical (unpaired) electrons. The molecule has 1 saturated heterocycles. The van der Waals surface area contributed by atoms with Crippen molar-refractivity contribution in [2.75, 3.05) is 24.5 Å². The van der Waals surface area contributed by atoms with Gasteiger partial charge in [0, 0.05) is 18.8 Å². The summed E-state index contributed by atoms with van der Waals surface area (Å²) >= 11 is 0. The van der Waals surface area contributed by atoms with E-state index in [4.69, 9.17) is 11.0 Å². The molecule has 1 aromatic rings. The second-order valence-corrected chi connectivity index (χ2v) is 4.87. The number of rotatable bonds is 2. The van der Waals surface area contributed by atoms with E-state index in [9.17, 15) is 0 Å². The molecular formula is C14H19N3. The summed E-state index contributed by atoms with van der Waals surface area (Å²) < 4.78 is 0. The average molecular weight is 229 g/mol. The van der Waals surface area contributed by atoms with Gasteiger partial charge in [-0.05, 0) is 43.0 Å². The van der Waals surface area contributed by atoms with Crippen LogP contribution in [0.1, 0.15) is 18.9 Å². The third-order valence-electron chi connectivity index (χ3n) is 3.76. The molecule has 3 nitrogen and oxygen atoms in total. The first-order valence-corrected chi connectivity index (χ1v) is 6.19. The molecule has 1 aromatic carbocycles. The fourth-order valence-corrected chi connectivity index (χ4v) is 2.46. The SMILES string of the molecule is CC1CCN(c2cccc(C#N)c2)CC1CN. The molecule has 17 heavy (non-hydrogen) atoms. The highest BCUT2D eigenvalue weighted by Crippen LogP contribution is 2.27. The molecule has 90 valence electrons. The number of piperidine rings is 1. The predicted molar refractivity (Wildman–Crippen MR) is 69.7 cm³/mol. The molecule has 2 rings (SSSR count). The van der Waals surface area contributed by atoms with Crippen LogP contribution in [0.4, 0.5) is 5.69 Å². The van der Waals surface area contributed by atoms with Gasteiger partial charge in [-0.1, -0.05) is 13.0 Å². The van der Waals surface area contributed by atoms with E-state index in [1.165, 1.54) is 6.42 Å². The van der Waals surface area contributed by atoms with Gasteiger partial charge in [0.05, 0.1) is 11.6 Å². The lowest BCUT2D eigenvalue weighted by Gasteiger charge is -2.38. The van der Waals surface area contributed by atoms with Crippen molar-refractivity contribution in [2.24, 2.45) is 17.6 Å². The van der Waals surface area contributed by atoms with Gasteiger partial charge < -0.3 is 10.6 Å². The van der Waals surface area contributed by atoms with E-state index in [1.807, 2.05) is 18.2 Å². The number of nitrogens with two attached hydrogens (primary N) is 1. The molecule has 0 aromatic heterocycles. The maximum absolute atomic E-state index is 8.91. The number of nitrogens with zero attached hydrogens (tertiary/aromatic N) is 2. The average Bonchev–Trinajstić information content (AvgIpc) is 2.39. The highest BCUT2D eigenvalue weighted by atomic mass is 15.1. The van der Waals surface area contributed by atoms with Crippen LogP contribution in [0.2, 0.25) is 0 Å². The summed E-state index contributed by atoms with van der Waals surface area (Å²) in [4.78, 5) is 2.35. The number of nitriles is 1. The minimum absolute atomic E-state index is 0.564. The van der Waals surface area contributed by atoms with Crippen LogP contribution in [0, 0.1) is 23.2 Å². The lowest BCUT2D eigenvalue weighted by molar-refractivity contribution is 0.308. The van der Waals surface area contributed by atoms with E-state index in [1.54, 1.807) is 0 Å². The fourth-order valence-electron chi connectivity index (χ4n) is 2.46. The number of anilines is 1. The molecule has 3 heteroatoms. The first-order valence-electron chi connectivity index (χ1n) is 6.19. The van der Waals surface area contributed by atoms with Crippen molar-refractivity contribution < 1.29 is 0 Å². The molecule has 1 heterocycles. The van der Waals surface area contributed by atoms with Crippen molar-refractivity contribution in [3.8, 4) is 6.07 Å². The molecule has 1 aliphatic rings. The molecule has 2 unspecified atom stereocenters. The Bertz CT molecular complexity index is 422. The van der Waals surface area contributed by atoms with E-state index in [2.05, 4.69) is 24.0 Å². The monoisotopic (exact) mass is 229 g/mol. The summed E-state index contributed by atoms with van der Waals surface area (Å²) in [6.07, 6.45) is 1.18. The third kappa shape index (κ3) is 2.59. The fraction of sp³-hybridized carbons (Fsp3) is 0.500. The second-order valence-electron chi connectivity index (χ2n) is 4.87. The molecule has 2 N–H and O–H groups in total. The Labute approximate surface area is 103 Å². The van der Waals surface area contributed by atoms with Gasteiger partial charge in [-0.3, -0.25) is 0 Å². The molecule has 0 amide bonds. The topological polar surface area (TPSA) is 53.0 Å². The normalized spacial score (nSPS) is 24.4. The van der Waals surface area contributed by atoms with Crippen LogP contribution < -0.4 is 10.6 Å². The van der Waals surface area contributed by atoms with Crippen molar-refractivity contribution in [2.45, 2.75) is 13.3 Å². The van der Waals surface area contributed by atoms with Crippen LogP contribution in [-0.4, -0.2) is 19.6 Å². The Morgan fingerprint density at radius 2 is 2.35 bits per heavy atom. The summed E-state index contributed by atoms with van der Waals surface area (Å²) in [5.74, 6) is 1.27. The first kappa shape index (κ1) is 11.9. The Balaban J connectivity index is 2.15. The molecule has 0 bridgehead atoms. The van der Waals surface area contributed by atoms with Gasteiger partial charge in [-0.2, -0.15) is 5.26 Å². The van der Waals surface area contributed by atoms with Crippen LogP contribution in [0.15, 0.2) is 24.3 Å². The van der Waals surface area contributed by atoms with Gasteiger partial charge in [0.15, 0.2) is 0 Å². The van der Waals surface area contributed by atoms with Crippen LogP contribution in [0.25, 0.3) is 0 Å². The van der Waals surface area contributed by atoms with Gasteiger partial charge in [0.1, 0.15) is 0 Å².